The van der Waals surface area contributed by atoms with E-state index in [-0.39, 0.29) is 22.4 Å². The summed E-state index contributed by atoms with van der Waals surface area (Å²) in [4.78, 5) is 42.3. The van der Waals surface area contributed by atoms with Crippen LogP contribution < -0.4 is 15.2 Å². The van der Waals surface area contributed by atoms with E-state index in [1.165, 1.54) is 23.6 Å². The van der Waals surface area contributed by atoms with Crippen molar-refractivity contribution in [3.8, 4) is 27.3 Å². The molecule has 0 N–H and O–H groups in total. The van der Waals surface area contributed by atoms with E-state index in [1.54, 1.807) is 21.0 Å². The van der Waals surface area contributed by atoms with Crippen molar-refractivity contribution in [1.29, 1.82) is 0 Å². The highest BCUT2D eigenvalue weighted by Gasteiger charge is 2.53. The molecule has 2 aromatic carbocycles. The quantitative estimate of drug-likeness (QED) is 0.158. The molecular weight excluding hydrogens is 683 g/mol. The first-order valence-electron chi connectivity index (χ1n) is 17.2. The summed E-state index contributed by atoms with van der Waals surface area (Å²) in [7, 11) is 1.13. The Morgan fingerprint density at radius 2 is 1.80 bits per heavy atom. The highest BCUT2D eigenvalue weighted by atomic mass is 32.1. The first-order valence-corrected chi connectivity index (χ1v) is 18.1. The summed E-state index contributed by atoms with van der Waals surface area (Å²) < 4.78 is 64.7. The molecule has 4 heterocycles. The van der Waals surface area contributed by atoms with Crippen molar-refractivity contribution in [3.05, 3.63) is 98.0 Å². The van der Waals surface area contributed by atoms with Crippen LogP contribution in [0, 0.1) is 11.2 Å². The van der Waals surface area contributed by atoms with Crippen molar-refractivity contribution in [2.75, 3.05) is 25.5 Å². The fourth-order valence-electron chi connectivity index (χ4n) is 9.31. The monoisotopic (exact) mass is 717 g/mol. The minimum atomic E-state index is -3.45. The van der Waals surface area contributed by atoms with Gasteiger partial charge in [0.05, 0.1) is 18.7 Å². The van der Waals surface area contributed by atoms with Gasteiger partial charge in [0, 0.05) is 41.2 Å². The van der Waals surface area contributed by atoms with Gasteiger partial charge in [-0.2, -0.15) is 0 Å². The van der Waals surface area contributed by atoms with Gasteiger partial charge in [-0.3, -0.25) is 19.3 Å². The molecule has 13 heteroatoms. The van der Waals surface area contributed by atoms with E-state index < -0.39 is 60.2 Å². The molecule has 2 fully saturated rings. The number of hydrogen-bond acceptors (Lipinski definition) is 8. The zero-order chi connectivity index (χ0) is 35.2. The Labute approximate surface area is 295 Å². The summed E-state index contributed by atoms with van der Waals surface area (Å²) in [6.45, 7) is -0.277. The smallest absolute Gasteiger partial charge is 0.451 e. The minimum absolute atomic E-state index is 0.0343. The van der Waals surface area contributed by atoms with Crippen LogP contribution in [-0.2, 0) is 21.8 Å². The molecule has 0 radical (unpaired) electrons. The highest BCUT2D eigenvalue weighted by molar-refractivity contribution is 7.14. The average Bonchev–Trinajstić information content (AvgIpc) is 3.49. The number of methoxy groups -OCH3 is 1. The van der Waals surface area contributed by atoms with E-state index in [9.17, 15) is 14.4 Å². The van der Waals surface area contributed by atoms with Crippen LogP contribution in [-0.4, -0.2) is 48.3 Å². The number of rotatable bonds is 4. The second-order valence-corrected chi connectivity index (χ2v) is 15.0. The molecule has 5 aliphatic rings. The predicted octanol–water partition coefficient (Wildman–Crippen LogP) is 7.72. The zero-order valence-electron chi connectivity index (χ0n) is 27.8. The Morgan fingerprint density at radius 3 is 2.61 bits per heavy atom. The van der Waals surface area contributed by atoms with Crippen LogP contribution in [0.5, 0.6) is 5.75 Å². The summed E-state index contributed by atoms with van der Waals surface area (Å²) in [5.74, 6) is -5.16. The first-order chi connectivity index (χ1) is 24.6. The molecule has 1 amide bonds. The third kappa shape index (κ3) is 4.76. The summed E-state index contributed by atoms with van der Waals surface area (Å²) in [6.07, 6.45) is 6.07. The van der Waals surface area contributed by atoms with E-state index >= 15 is 13.2 Å². The van der Waals surface area contributed by atoms with Gasteiger partial charge in [0.1, 0.15) is 12.0 Å². The second-order valence-electron chi connectivity index (χ2n) is 14.2. The molecule has 4 aromatic rings. The lowest BCUT2D eigenvalue weighted by Crippen LogP contribution is -2.66. The number of nitrogens with zero attached hydrogens (tertiary/aromatic N) is 3. The third-order valence-corrected chi connectivity index (χ3v) is 12.6. The average molecular weight is 718 g/mol. The van der Waals surface area contributed by atoms with Gasteiger partial charge in [-0.25, -0.2) is 18.0 Å². The summed E-state index contributed by atoms with van der Waals surface area (Å²) in [5, 5.41) is 3.76. The lowest BCUT2D eigenvalue weighted by Gasteiger charge is -2.56. The van der Waals surface area contributed by atoms with Gasteiger partial charge in [-0.05, 0) is 64.8 Å². The molecule has 2 aliphatic heterocycles. The molecule has 3 aliphatic carbocycles. The van der Waals surface area contributed by atoms with Crippen LogP contribution in [0.15, 0.2) is 58.8 Å². The van der Waals surface area contributed by atoms with Crippen molar-refractivity contribution in [1.82, 2.24) is 9.58 Å². The predicted molar refractivity (Wildman–Crippen MR) is 182 cm³/mol. The van der Waals surface area contributed by atoms with Crippen molar-refractivity contribution < 1.29 is 37.0 Å². The van der Waals surface area contributed by atoms with Crippen LogP contribution in [0.3, 0.4) is 0 Å². The van der Waals surface area contributed by atoms with Gasteiger partial charge >= 0.3 is 6.16 Å². The van der Waals surface area contributed by atoms with Gasteiger partial charge in [0.25, 0.3) is 11.8 Å². The Morgan fingerprint density at radius 1 is 1.00 bits per heavy atom. The number of piperidine rings is 1. The van der Waals surface area contributed by atoms with E-state index in [2.05, 4.69) is 4.74 Å². The second kappa shape index (κ2) is 11.6. The van der Waals surface area contributed by atoms with Gasteiger partial charge in [0.15, 0.2) is 5.69 Å². The summed E-state index contributed by atoms with van der Waals surface area (Å²) >= 11 is 1.37. The standard InChI is InChI=1S/C38H34F3N3O6S/c1-48-36(47)50-20-49-33-26(45)11-15-43-32(33)35(46)42-16-14-37(12-5-2-6-13-37)18-27(42)44(43)31-22-7-3-4-8-23(22)34-28-21(19-51-34)17-38(40,41)30-25(39)10-9-24(31)29(28)30/h3-4,7-11,15,19,27,31H,2,5-6,12-14,16-18,20H2,1H3. The minimum Gasteiger partial charge on any atom is -0.451 e. The van der Waals surface area contributed by atoms with Gasteiger partial charge in [0.2, 0.25) is 18.0 Å². The molecule has 1 saturated carbocycles. The Kier molecular flexibility index (Phi) is 7.33. The number of alkyl halides is 2. The molecule has 51 heavy (non-hydrogen) atoms. The molecule has 1 spiro atoms. The molecule has 9 nitrogen and oxygen atoms in total. The number of benzene rings is 2. The Balaban J connectivity index is 1.32. The molecule has 2 unspecified atom stereocenters. The van der Waals surface area contributed by atoms with Crippen LogP contribution in [0.4, 0.5) is 18.0 Å². The molecule has 2 atom stereocenters. The normalized spacial score (nSPS) is 21.9. The lowest BCUT2D eigenvalue weighted by molar-refractivity contribution is -0.00829. The fraction of sp³-hybridized carbons (Fsp3) is 0.395. The number of fused-ring (bicyclic) bond motifs is 4. The summed E-state index contributed by atoms with van der Waals surface area (Å²) in [6, 6.07) is 10.9. The van der Waals surface area contributed by atoms with Crippen molar-refractivity contribution in [2.24, 2.45) is 5.41 Å². The number of halogens is 3. The number of pyridine rings is 1. The van der Waals surface area contributed by atoms with Crippen molar-refractivity contribution in [3.63, 3.8) is 0 Å². The fourth-order valence-corrected chi connectivity index (χ4v) is 10.4. The van der Waals surface area contributed by atoms with E-state index in [0.29, 0.717) is 29.7 Å². The maximum absolute atomic E-state index is 16.1. The molecule has 9 rings (SSSR count). The lowest BCUT2D eigenvalue weighted by atomic mass is 9.67. The van der Waals surface area contributed by atoms with E-state index in [0.717, 1.165) is 67.7 Å². The van der Waals surface area contributed by atoms with Crippen LogP contribution in [0.1, 0.15) is 83.7 Å². The molecule has 1 saturated heterocycles. The van der Waals surface area contributed by atoms with Crippen LogP contribution in [0.2, 0.25) is 0 Å². The van der Waals surface area contributed by atoms with Crippen molar-refractivity contribution >= 4 is 23.4 Å². The summed E-state index contributed by atoms with van der Waals surface area (Å²) in [5.41, 5.74) is 2.04. The SMILES string of the molecule is COC(=O)OCOc1c2n(ccc1=O)N(C1c3ccccc3-c3scc4c3-c3c1ccc(F)c3C(F)(F)C4)C1CC3(CCCCC3)CCN1C2=O. The first kappa shape index (κ1) is 32.1. The number of aromatic nitrogens is 1. The topological polar surface area (TPSA) is 90.3 Å². The molecule has 264 valence electrons. The Hall–Kier alpha value is -4.78. The molecular formula is C38H34F3N3O6S. The third-order valence-electron chi connectivity index (χ3n) is 11.5. The van der Waals surface area contributed by atoms with E-state index in [1.807, 2.05) is 29.3 Å². The molecule has 2 aromatic heterocycles. The van der Waals surface area contributed by atoms with Gasteiger partial charge < -0.3 is 19.1 Å². The number of carbonyl (C=O) groups excluding carboxylic acids is 2. The number of carbonyl (C=O) groups is 2. The highest BCUT2D eigenvalue weighted by Crippen LogP contribution is 2.59. The molecule has 0 bridgehead atoms. The number of ether oxygens (including phenoxy) is 3. The number of thiophene rings is 1. The van der Waals surface area contributed by atoms with Gasteiger partial charge in [-0.1, -0.05) is 49.6 Å². The van der Waals surface area contributed by atoms with E-state index in [4.69, 9.17) is 9.47 Å². The maximum Gasteiger partial charge on any atom is 0.510 e. The van der Waals surface area contributed by atoms with Crippen LogP contribution in [0.25, 0.3) is 21.6 Å². The Bertz CT molecular complexity index is 2180. The largest absolute Gasteiger partial charge is 0.510 e. The van der Waals surface area contributed by atoms with Gasteiger partial charge in [-0.15, -0.1) is 11.3 Å². The van der Waals surface area contributed by atoms with Crippen LogP contribution >= 0.6 is 11.3 Å². The number of hydrogen-bond donors (Lipinski definition) is 0. The maximum atomic E-state index is 16.1. The zero-order valence-corrected chi connectivity index (χ0v) is 28.6. The number of amides is 1. The van der Waals surface area contributed by atoms with Crippen molar-refractivity contribution in [2.45, 2.75) is 69.5 Å².